The van der Waals surface area contributed by atoms with E-state index >= 15 is 0 Å². The third-order valence-electron chi connectivity index (χ3n) is 6.95. The number of anilines is 2. The quantitative estimate of drug-likeness (QED) is 0.480. The minimum atomic E-state index is -1.04. The number of carbonyl (C=O) groups excluding carboxylic acids is 5. The maximum Gasteiger partial charge on any atom is 0.330 e. The minimum Gasteiger partial charge on any atom is -0.454 e. The molecular weight excluding hydrogens is 426 g/mol. The summed E-state index contributed by atoms with van der Waals surface area (Å²) < 4.78 is 5.22. The molecule has 2 saturated carbocycles. The Bertz CT molecular complexity index is 960. The maximum absolute atomic E-state index is 13.1. The van der Waals surface area contributed by atoms with E-state index in [0.29, 0.717) is 11.4 Å². The van der Waals surface area contributed by atoms with Crippen LogP contribution in [0.1, 0.15) is 40.0 Å². The van der Waals surface area contributed by atoms with Crippen LogP contribution in [0.4, 0.5) is 11.4 Å². The van der Waals surface area contributed by atoms with Gasteiger partial charge in [-0.15, -0.1) is 0 Å². The monoisotopic (exact) mass is 455 g/mol. The van der Waals surface area contributed by atoms with Crippen LogP contribution in [0.25, 0.3) is 0 Å². The zero-order valence-corrected chi connectivity index (χ0v) is 19.0. The number of hydrogen-bond donors (Lipinski definition) is 2. The lowest BCUT2D eigenvalue weighted by atomic mass is 9.81. The van der Waals surface area contributed by atoms with Gasteiger partial charge < -0.3 is 15.4 Å². The Labute approximate surface area is 192 Å². The van der Waals surface area contributed by atoms with Crippen LogP contribution in [0, 0.1) is 29.6 Å². The van der Waals surface area contributed by atoms with E-state index in [1.165, 1.54) is 6.92 Å². The van der Waals surface area contributed by atoms with Crippen LogP contribution in [0.2, 0.25) is 0 Å². The number of rotatable bonds is 7. The minimum absolute atomic E-state index is 0.204. The van der Waals surface area contributed by atoms with E-state index in [1.54, 1.807) is 38.1 Å². The number of esters is 1. The van der Waals surface area contributed by atoms with Crippen molar-refractivity contribution in [3.63, 3.8) is 0 Å². The first kappa shape index (κ1) is 22.9. The van der Waals surface area contributed by atoms with Crippen LogP contribution in [0.15, 0.2) is 24.3 Å². The summed E-state index contributed by atoms with van der Waals surface area (Å²) in [6.07, 6.45) is 2.84. The molecule has 1 saturated heterocycles. The molecule has 3 fully saturated rings. The first-order valence-electron chi connectivity index (χ1n) is 11.4. The molecule has 0 unspecified atom stereocenters. The Morgan fingerprint density at radius 2 is 1.48 bits per heavy atom. The molecule has 9 nitrogen and oxygen atoms in total. The highest BCUT2D eigenvalue weighted by Crippen LogP contribution is 2.56. The Kier molecular flexibility index (Phi) is 6.23. The van der Waals surface area contributed by atoms with Crippen molar-refractivity contribution in [1.29, 1.82) is 0 Å². The molecule has 1 aromatic rings. The molecule has 3 aliphatic rings. The number of nitrogens with one attached hydrogen (secondary N) is 2. The molecular formula is C24H29N3O6. The standard InChI is InChI=1S/C24H29N3O6/c1-12(2)21(27-22(30)19-14-4-5-15(10-14)20(19)23(27)31)24(32)33-11-18(29)26-17-8-6-16(7-9-17)25-13(3)28/h6-9,12,14-15,19-21H,4-5,10-11H2,1-3H3,(H,25,28)(H,26,29)/t14-,15-,19+,20+,21-/m0/s1. The van der Waals surface area contributed by atoms with Gasteiger partial charge in [0.2, 0.25) is 17.7 Å². The van der Waals surface area contributed by atoms with E-state index in [0.717, 1.165) is 24.2 Å². The summed E-state index contributed by atoms with van der Waals surface area (Å²) in [5.74, 6) is -2.55. The summed E-state index contributed by atoms with van der Waals surface area (Å²) in [6.45, 7) is 4.37. The molecule has 0 spiro atoms. The summed E-state index contributed by atoms with van der Waals surface area (Å²) in [5, 5.41) is 5.23. The fourth-order valence-electron chi connectivity index (χ4n) is 5.64. The van der Waals surface area contributed by atoms with E-state index in [-0.39, 0.29) is 47.3 Å². The molecule has 9 heteroatoms. The second-order valence-corrected chi connectivity index (χ2v) is 9.53. The van der Waals surface area contributed by atoms with Gasteiger partial charge in [-0.2, -0.15) is 0 Å². The van der Waals surface area contributed by atoms with Crippen LogP contribution < -0.4 is 10.6 Å². The van der Waals surface area contributed by atoms with Gasteiger partial charge in [0.25, 0.3) is 5.91 Å². The number of benzene rings is 1. The molecule has 0 radical (unpaired) electrons. The van der Waals surface area contributed by atoms with E-state index in [1.807, 2.05) is 0 Å². The van der Waals surface area contributed by atoms with Gasteiger partial charge in [-0.3, -0.25) is 24.1 Å². The van der Waals surface area contributed by atoms with E-state index in [4.69, 9.17) is 4.74 Å². The topological polar surface area (TPSA) is 122 Å². The average Bonchev–Trinajstić information content (AvgIpc) is 3.43. The SMILES string of the molecule is CC(=O)Nc1ccc(NC(=O)COC(=O)[C@H](C(C)C)N2C(=O)[C@@H]3[C@H]4CC[C@@H](C4)[C@H]3C2=O)cc1. The summed E-state index contributed by atoms with van der Waals surface area (Å²) >= 11 is 0. The van der Waals surface area contributed by atoms with Crippen LogP contribution in [-0.4, -0.2) is 47.1 Å². The Balaban J connectivity index is 1.36. The molecule has 1 heterocycles. The van der Waals surface area contributed by atoms with Gasteiger partial charge in [-0.1, -0.05) is 13.8 Å². The van der Waals surface area contributed by atoms with Crippen LogP contribution in [0.5, 0.6) is 0 Å². The lowest BCUT2D eigenvalue weighted by molar-refractivity contribution is -0.162. The van der Waals surface area contributed by atoms with Gasteiger partial charge in [-0.05, 0) is 61.3 Å². The van der Waals surface area contributed by atoms with Gasteiger partial charge >= 0.3 is 5.97 Å². The van der Waals surface area contributed by atoms with Crippen molar-refractivity contribution in [1.82, 2.24) is 4.90 Å². The van der Waals surface area contributed by atoms with Crippen molar-refractivity contribution >= 4 is 41.0 Å². The molecule has 2 aliphatic carbocycles. The number of amides is 4. The largest absolute Gasteiger partial charge is 0.454 e. The molecule has 33 heavy (non-hydrogen) atoms. The molecule has 2 N–H and O–H groups in total. The lowest BCUT2D eigenvalue weighted by Gasteiger charge is -2.28. The summed E-state index contributed by atoms with van der Waals surface area (Å²) in [5.41, 5.74) is 1.06. The normalized spacial score (nSPS) is 26.4. The molecule has 1 aromatic carbocycles. The second-order valence-electron chi connectivity index (χ2n) is 9.53. The molecule has 0 aromatic heterocycles. The molecule has 5 atom stereocenters. The van der Waals surface area contributed by atoms with Crippen LogP contribution in [0.3, 0.4) is 0 Å². The lowest BCUT2D eigenvalue weighted by Crippen LogP contribution is -2.50. The Morgan fingerprint density at radius 1 is 0.970 bits per heavy atom. The Hall–Kier alpha value is -3.23. The van der Waals surface area contributed by atoms with Gasteiger partial charge in [0.1, 0.15) is 6.04 Å². The number of imide groups is 1. The fraction of sp³-hybridized carbons (Fsp3) is 0.542. The van der Waals surface area contributed by atoms with Crippen LogP contribution in [-0.2, 0) is 28.7 Å². The number of likely N-dealkylation sites (tertiary alicyclic amines) is 1. The van der Waals surface area contributed by atoms with Gasteiger partial charge in [-0.25, -0.2) is 4.79 Å². The van der Waals surface area contributed by atoms with Crippen molar-refractivity contribution < 1.29 is 28.7 Å². The number of nitrogens with zero attached hydrogens (tertiary/aromatic N) is 1. The molecule has 4 rings (SSSR count). The third-order valence-corrected chi connectivity index (χ3v) is 6.95. The highest BCUT2D eigenvalue weighted by atomic mass is 16.5. The number of ether oxygens (including phenoxy) is 1. The molecule has 2 bridgehead atoms. The van der Waals surface area contributed by atoms with E-state index in [9.17, 15) is 24.0 Å². The van der Waals surface area contributed by atoms with E-state index in [2.05, 4.69) is 10.6 Å². The number of carbonyl (C=O) groups is 5. The zero-order valence-electron chi connectivity index (χ0n) is 19.0. The molecule has 1 aliphatic heterocycles. The smallest absolute Gasteiger partial charge is 0.330 e. The predicted octanol–water partition coefficient (Wildman–Crippen LogP) is 2.18. The van der Waals surface area contributed by atoms with Gasteiger partial charge in [0, 0.05) is 18.3 Å². The van der Waals surface area contributed by atoms with Crippen LogP contribution >= 0.6 is 0 Å². The van der Waals surface area contributed by atoms with E-state index < -0.39 is 24.5 Å². The number of hydrogen-bond acceptors (Lipinski definition) is 6. The second kappa shape index (κ2) is 8.96. The first-order valence-corrected chi connectivity index (χ1v) is 11.4. The van der Waals surface area contributed by atoms with Crippen molar-refractivity contribution in [3.8, 4) is 0 Å². The summed E-state index contributed by atoms with van der Waals surface area (Å²) in [7, 11) is 0. The van der Waals surface area contributed by atoms with Crippen molar-refractivity contribution in [2.45, 2.75) is 46.1 Å². The fourth-order valence-corrected chi connectivity index (χ4v) is 5.64. The maximum atomic E-state index is 13.1. The molecule has 176 valence electrons. The van der Waals surface area contributed by atoms with Crippen molar-refractivity contribution in [3.05, 3.63) is 24.3 Å². The van der Waals surface area contributed by atoms with Crippen molar-refractivity contribution in [2.24, 2.45) is 29.6 Å². The Morgan fingerprint density at radius 3 is 1.97 bits per heavy atom. The third kappa shape index (κ3) is 4.36. The molecule has 4 amide bonds. The van der Waals surface area contributed by atoms with Gasteiger partial charge in [0.05, 0.1) is 11.8 Å². The van der Waals surface area contributed by atoms with Gasteiger partial charge in [0.15, 0.2) is 6.61 Å². The average molecular weight is 456 g/mol. The summed E-state index contributed by atoms with van der Waals surface area (Å²) in [6, 6.07) is 5.44. The van der Waals surface area contributed by atoms with Crippen molar-refractivity contribution in [2.75, 3.05) is 17.2 Å². The predicted molar refractivity (Wildman–Crippen MR) is 119 cm³/mol. The highest BCUT2D eigenvalue weighted by molar-refractivity contribution is 6.08. The summed E-state index contributed by atoms with van der Waals surface area (Å²) in [4.78, 5) is 63.6. The highest BCUT2D eigenvalue weighted by Gasteiger charge is 2.62. The first-order chi connectivity index (χ1) is 15.7. The number of fused-ring (bicyclic) bond motifs is 5. The zero-order chi connectivity index (χ0) is 23.9.